The highest BCUT2D eigenvalue weighted by molar-refractivity contribution is 7.66. The Morgan fingerprint density at radius 3 is 1.97 bits per heavy atom. The zero-order valence-electron chi connectivity index (χ0n) is 15.1. The second kappa shape index (κ2) is 10.8. The molecule has 1 saturated heterocycles. The Balaban J connectivity index is 2.96. The van der Waals surface area contributed by atoms with Crippen molar-refractivity contribution in [3.63, 3.8) is 0 Å². The van der Waals surface area contributed by atoms with Crippen molar-refractivity contribution in [2.45, 2.75) is 30.6 Å². The van der Waals surface area contributed by atoms with Gasteiger partial charge in [-0.05, 0) is 38.4 Å². The number of rotatable bonds is 12. The van der Waals surface area contributed by atoms with Gasteiger partial charge in [-0.15, -0.1) is 0 Å². The smallest absolute Gasteiger partial charge is 0.379 e. The van der Waals surface area contributed by atoms with Gasteiger partial charge in [0.1, 0.15) is 14.0 Å². The quantitative estimate of drug-likeness (QED) is 0.0945. The van der Waals surface area contributed by atoms with Crippen LogP contribution in [0.5, 0.6) is 0 Å². The normalized spacial score (nSPS) is 26.8. The minimum absolute atomic E-state index is 0.0188. The molecule has 25 heteroatoms. The van der Waals surface area contributed by atoms with E-state index in [-0.39, 0.29) is 6.42 Å². The Labute approximate surface area is 172 Å². The van der Waals surface area contributed by atoms with Crippen LogP contribution in [-0.2, 0) is 36.3 Å². The first-order chi connectivity index (χ1) is 14.2. The van der Waals surface area contributed by atoms with Crippen LogP contribution in [-0.4, -0.2) is 58.2 Å². The molecule has 0 aromatic carbocycles. The molecule has 1 heterocycles. The molecule has 1 fully saturated rings. The van der Waals surface area contributed by atoms with E-state index < -0.39 is 54.3 Å². The Morgan fingerprint density at radius 1 is 1.00 bits per heavy atom. The molecule has 21 nitrogen and oxygen atoms in total. The largest absolute Gasteiger partial charge is 0.490 e. The lowest BCUT2D eigenvalue weighted by Gasteiger charge is -2.26. The van der Waals surface area contributed by atoms with E-state index in [9.17, 15) is 18.6 Å². The molecule has 0 saturated carbocycles. The van der Waals surface area contributed by atoms with E-state index in [1.807, 2.05) is 0 Å². The molecule has 0 aromatic rings. The lowest BCUT2D eigenvalue weighted by atomic mass is 9.96. The monoisotopic (exact) mass is 507 g/mol. The van der Waals surface area contributed by atoms with Gasteiger partial charge in [0.15, 0.2) is 0 Å². The molecule has 1 aliphatic heterocycles. The maximum Gasteiger partial charge on any atom is 0.490 e. The van der Waals surface area contributed by atoms with Crippen LogP contribution in [0.1, 0.15) is 6.42 Å². The van der Waals surface area contributed by atoms with Gasteiger partial charge in [-0.3, -0.25) is 4.52 Å². The Bertz CT molecular complexity index is 910. The van der Waals surface area contributed by atoms with Gasteiger partial charge < -0.3 is 29.0 Å². The first-order valence-corrected chi connectivity index (χ1v) is 12.0. The van der Waals surface area contributed by atoms with Gasteiger partial charge in [0.05, 0.1) is 12.7 Å². The lowest BCUT2D eigenvalue weighted by molar-refractivity contribution is -0.114. The van der Waals surface area contributed by atoms with E-state index in [2.05, 4.69) is 43.2 Å². The fraction of sp³-hybridized carbons (Fsp3) is 1.00. The van der Waals surface area contributed by atoms with Crippen molar-refractivity contribution in [2.75, 3.05) is 6.61 Å². The summed E-state index contributed by atoms with van der Waals surface area (Å²) in [6.45, 7) is -0.905. The molecule has 4 unspecified atom stereocenters. The van der Waals surface area contributed by atoms with Crippen molar-refractivity contribution in [1.29, 1.82) is 0 Å². The molecule has 172 valence electrons. The van der Waals surface area contributed by atoms with Crippen LogP contribution in [0.3, 0.4) is 0 Å². The number of azide groups is 1. The third-order valence-corrected chi connectivity index (χ3v) is 6.84. The van der Waals surface area contributed by atoms with Crippen molar-refractivity contribution in [2.24, 2.45) is 15.3 Å². The SMILES string of the molecule is BC1C[C@@H](OC(N=[N+]=[N-])(N=[N+]=[N-])N=[N+]=[N-])C(COP(=O)(O)OP(=O)(O)OP(=O)(O)O)O1. The maximum absolute atomic E-state index is 11.8. The molecule has 31 heavy (non-hydrogen) atoms. The molecule has 0 spiro atoms. The van der Waals surface area contributed by atoms with E-state index in [1.54, 1.807) is 0 Å². The number of phosphoric ester groups is 1. The second-order valence-corrected chi connectivity index (χ2v) is 9.83. The van der Waals surface area contributed by atoms with Crippen LogP contribution >= 0.6 is 23.5 Å². The predicted octanol–water partition coefficient (Wildman–Crippen LogP) is 1.01. The summed E-state index contributed by atoms with van der Waals surface area (Å²) in [6.07, 6.45) is -2.55. The molecule has 1 aliphatic rings. The van der Waals surface area contributed by atoms with E-state index in [1.165, 1.54) is 7.85 Å². The average Bonchev–Trinajstić information content (AvgIpc) is 2.89. The van der Waals surface area contributed by atoms with Crippen molar-refractivity contribution >= 4 is 31.3 Å². The van der Waals surface area contributed by atoms with Crippen LogP contribution < -0.4 is 0 Å². The summed E-state index contributed by atoms with van der Waals surface area (Å²) in [5.41, 5.74) is 25.8. The second-order valence-electron chi connectivity index (χ2n) is 5.41. The third kappa shape index (κ3) is 9.55. The molecule has 0 radical (unpaired) electrons. The molecule has 4 N–H and O–H groups in total. The molecule has 0 aromatic heterocycles. The Morgan fingerprint density at radius 2 is 1.52 bits per heavy atom. The maximum atomic E-state index is 11.8. The average molecular weight is 507 g/mol. The van der Waals surface area contributed by atoms with Crippen LogP contribution in [0.25, 0.3) is 31.3 Å². The van der Waals surface area contributed by atoms with Gasteiger partial charge in [-0.2, -0.15) is 8.62 Å². The summed E-state index contributed by atoms with van der Waals surface area (Å²) >= 11 is 0. The highest BCUT2D eigenvalue weighted by Gasteiger charge is 2.44. The Kier molecular flexibility index (Phi) is 9.50. The molecule has 0 amide bonds. The van der Waals surface area contributed by atoms with Gasteiger partial charge in [0, 0.05) is 20.7 Å². The Hall–Kier alpha value is -1.68. The van der Waals surface area contributed by atoms with Gasteiger partial charge in [-0.1, -0.05) is 0 Å². The van der Waals surface area contributed by atoms with Crippen molar-refractivity contribution in [1.82, 2.24) is 0 Å². The third-order valence-electron chi connectivity index (χ3n) is 3.04. The first kappa shape index (κ1) is 27.4. The number of hydrogen-bond donors (Lipinski definition) is 4. The topological polar surface area (TPSA) is 325 Å². The highest BCUT2D eigenvalue weighted by atomic mass is 31.3. The standard InChI is InChI=1S/C6H13BN9O12P3/c7-5-1-3(26-6(11-14-8,12-15-9)13-16-10)4(25-5)2-24-30(20,21)28-31(22,23)27-29(17,18)19/h3-5H,1-2,7H2,(H,20,21)(H,22,23)(H2,17,18,19)/t3-,4?,5?/m1/s1. The summed E-state index contributed by atoms with van der Waals surface area (Å²) in [4.78, 5) is 42.6. The van der Waals surface area contributed by atoms with Crippen molar-refractivity contribution in [3.05, 3.63) is 31.3 Å². The number of nitrogens with zero attached hydrogens (tertiary/aromatic N) is 9. The van der Waals surface area contributed by atoms with Crippen LogP contribution in [0.15, 0.2) is 15.3 Å². The zero-order valence-corrected chi connectivity index (χ0v) is 17.8. The molecule has 5 atom stereocenters. The van der Waals surface area contributed by atoms with Crippen LogP contribution in [0, 0.1) is 0 Å². The minimum atomic E-state index is -5.72. The van der Waals surface area contributed by atoms with Gasteiger partial charge in [0.25, 0.3) is 0 Å². The zero-order chi connectivity index (χ0) is 23.9. The van der Waals surface area contributed by atoms with Gasteiger partial charge >= 0.3 is 29.4 Å². The van der Waals surface area contributed by atoms with E-state index in [0.29, 0.717) is 0 Å². The summed E-state index contributed by atoms with van der Waals surface area (Å²) in [6, 6.07) is -0.611. The van der Waals surface area contributed by atoms with Crippen LogP contribution in [0.4, 0.5) is 0 Å². The molecule has 1 rings (SSSR count). The van der Waals surface area contributed by atoms with E-state index in [4.69, 9.17) is 40.7 Å². The molecule has 0 aliphatic carbocycles. The minimum Gasteiger partial charge on any atom is -0.379 e. The highest BCUT2D eigenvalue weighted by Crippen LogP contribution is 2.66. The summed E-state index contributed by atoms with van der Waals surface area (Å²) in [5.74, 6) is -2.73. The summed E-state index contributed by atoms with van der Waals surface area (Å²) in [5, 5.41) is 8.94. The fourth-order valence-electron chi connectivity index (χ4n) is 2.17. The lowest BCUT2D eigenvalue weighted by Crippen LogP contribution is -2.37. The molecule has 0 bridgehead atoms. The summed E-state index contributed by atoms with van der Waals surface area (Å²) in [7, 11) is -15.2. The fourth-order valence-corrected chi connectivity index (χ4v) is 5.20. The van der Waals surface area contributed by atoms with Gasteiger partial charge in [-0.25, -0.2) is 13.7 Å². The van der Waals surface area contributed by atoms with Crippen molar-refractivity contribution < 1.29 is 55.9 Å². The number of hydrogen-bond acceptors (Lipinski definition) is 11. The molecular weight excluding hydrogens is 494 g/mol. The number of phosphoric acid groups is 3. The number of ether oxygens (including phenoxy) is 2. The van der Waals surface area contributed by atoms with Crippen LogP contribution in [0.2, 0.25) is 0 Å². The summed E-state index contributed by atoms with van der Waals surface area (Å²) < 4.78 is 55.9. The molecular formula is C6H13BN9O12P3. The first-order valence-electron chi connectivity index (χ1n) is 7.47. The predicted molar refractivity (Wildman–Crippen MR) is 96.7 cm³/mol. The van der Waals surface area contributed by atoms with E-state index >= 15 is 0 Å². The van der Waals surface area contributed by atoms with E-state index in [0.717, 1.165) is 0 Å². The van der Waals surface area contributed by atoms with Gasteiger partial charge in [0.2, 0.25) is 0 Å². The van der Waals surface area contributed by atoms with Crippen molar-refractivity contribution in [3.8, 4) is 0 Å².